The van der Waals surface area contributed by atoms with Crippen LogP contribution in [0.25, 0.3) is 6.08 Å². The van der Waals surface area contributed by atoms with Gasteiger partial charge in [-0.15, -0.1) is 0 Å². The second-order valence-corrected chi connectivity index (χ2v) is 12.9. The summed E-state index contributed by atoms with van der Waals surface area (Å²) in [6.45, 7) is 7.47. The number of methoxy groups -OCH3 is 1. The largest absolute Gasteiger partial charge is 0.504 e. The predicted octanol–water partition coefficient (Wildman–Crippen LogP) is 4.84. The zero-order chi connectivity index (χ0) is 34.5. The van der Waals surface area contributed by atoms with E-state index in [1.165, 1.54) is 29.1 Å². The van der Waals surface area contributed by atoms with Crippen molar-refractivity contribution in [2.24, 2.45) is 4.99 Å². The van der Waals surface area contributed by atoms with E-state index in [1.807, 2.05) is 44.2 Å². The number of thiazole rings is 1. The Hall–Kier alpha value is -4.63. The third kappa shape index (κ3) is 7.41. The van der Waals surface area contributed by atoms with Crippen molar-refractivity contribution in [2.45, 2.75) is 33.7 Å². The van der Waals surface area contributed by atoms with Crippen LogP contribution in [-0.4, -0.2) is 48.5 Å². The second-order valence-electron chi connectivity index (χ2n) is 10.7. The molecule has 2 N–H and O–H groups in total. The predicted molar refractivity (Wildman–Crippen MR) is 191 cm³/mol. The van der Waals surface area contributed by atoms with E-state index in [0.29, 0.717) is 53.5 Å². The molecule has 5 rings (SSSR count). The van der Waals surface area contributed by atoms with Gasteiger partial charge in [-0.3, -0.25) is 14.2 Å². The molecule has 48 heavy (non-hydrogen) atoms. The minimum absolute atomic E-state index is 0.0777. The number of aryl methyl sites for hydroxylation is 1. The average molecular weight is 784 g/mol. The number of rotatable bonds is 11. The Bertz CT molecular complexity index is 2090. The molecular formula is C35H34IN3O8S. The minimum atomic E-state index is -0.877. The first-order valence-corrected chi connectivity index (χ1v) is 17.0. The van der Waals surface area contributed by atoms with Gasteiger partial charge >= 0.3 is 5.97 Å². The van der Waals surface area contributed by atoms with Crippen LogP contribution >= 0.6 is 33.9 Å². The number of halogens is 1. The number of esters is 1. The second kappa shape index (κ2) is 15.1. The zero-order valence-electron chi connectivity index (χ0n) is 27.0. The summed E-state index contributed by atoms with van der Waals surface area (Å²) in [6.07, 6.45) is 1.72. The highest BCUT2D eigenvalue weighted by atomic mass is 127. The Morgan fingerprint density at radius 2 is 1.79 bits per heavy atom. The zero-order valence-corrected chi connectivity index (χ0v) is 29.9. The molecule has 0 saturated heterocycles. The number of phenolic OH excluding ortho intramolecular Hbond substituents is 1. The van der Waals surface area contributed by atoms with Gasteiger partial charge in [-0.05, 0) is 104 Å². The topological polar surface area (TPSA) is 138 Å². The van der Waals surface area contributed by atoms with Gasteiger partial charge in [-0.25, -0.2) is 9.79 Å². The Morgan fingerprint density at radius 1 is 1.04 bits per heavy atom. The fourth-order valence-corrected chi connectivity index (χ4v) is 7.00. The smallest absolute Gasteiger partial charge is 0.338 e. The summed E-state index contributed by atoms with van der Waals surface area (Å²) >= 11 is 3.29. The summed E-state index contributed by atoms with van der Waals surface area (Å²) in [6, 6.07) is 14.8. The molecule has 0 bridgehead atoms. The van der Waals surface area contributed by atoms with Crippen LogP contribution in [0.5, 0.6) is 23.0 Å². The van der Waals surface area contributed by atoms with Gasteiger partial charge in [-0.2, -0.15) is 0 Å². The fourth-order valence-electron chi connectivity index (χ4n) is 5.17. The highest BCUT2D eigenvalue weighted by molar-refractivity contribution is 14.1. The summed E-state index contributed by atoms with van der Waals surface area (Å²) in [7, 11) is 1.42. The summed E-state index contributed by atoms with van der Waals surface area (Å²) in [5, 5.41) is 13.1. The number of fused-ring (bicyclic) bond motifs is 1. The maximum absolute atomic E-state index is 14.1. The number of amides is 1. The Kier molecular flexibility index (Phi) is 10.9. The standard InChI is InChI=1S/C35H34IN3O8S/c1-6-45-27-15-21(14-24(36)32(27)47-18-29(41)38-23-11-8-19(3)9-12-23)16-28-33(42)39-31(22-10-13-25(40)26(17-22)44-5)30(34(43)46-7-2)20(4)37-35(39)48-28/h8-17,31,40H,6-7,18H2,1-5H3,(H,38,41)/b28-16+/t31-/m0/s1. The van der Waals surface area contributed by atoms with Gasteiger partial charge in [0.1, 0.15) is 0 Å². The van der Waals surface area contributed by atoms with Gasteiger partial charge in [-0.1, -0.05) is 35.1 Å². The van der Waals surface area contributed by atoms with Crippen LogP contribution in [0, 0.1) is 10.5 Å². The maximum Gasteiger partial charge on any atom is 0.338 e. The van der Waals surface area contributed by atoms with Gasteiger partial charge in [0.2, 0.25) is 0 Å². The molecule has 11 nitrogen and oxygen atoms in total. The lowest BCUT2D eigenvalue weighted by molar-refractivity contribution is -0.139. The summed E-state index contributed by atoms with van der Waals surface area (Å²) < 4.78 is 25.0. The van der Waals surface area contributed by atoms with Gasteiger partial charge in [0.25, 0.3) is 11.5 Å². The van der Waals surface area contributed by atoms with Gasteiger partial charge in [0.05, 0.1) is 45.7 Å². The molecule has 13 heteroatoms. The number of hydrogen-bond donors (Lipinski definition) is 2. The van der Waals surface area contributed by atoms with Crippen molar-refractivity contribution in [2.75, 3.05) is 32.2 Å². The quantitative estimate of drug-likeness (QED) is 0.163. The van der Waals surface area contributed by atoms with E-state index in [2.05, 4.69) is 32.9 Å². The maximum atomic E-state index is 14.1. The summed E-state index contributed by atoms with van der Waals surface area (Å²) in [5.74, 6) is 0.0309. The molecule has 3 aromatic carbocycles. The number of anilines is 1. The lowest BCUT2D eigenvalue weighted by atomic mass is 9.95. The molecule has 2 heterocycles. The first-order chi connectivity index (χ1) is 23.0. The number of ether oxygens (including phenoxy) is 4. The van der Waals surface area contributed by atoms with E-state index in [0.717, 1.165) is 5.56 Å². The van der Waals surface area contributed by atoms with Crippen LogP contribution in [0.4, 0.5) is 5.69 Å². The molecule has 4 aromatic rings. The molecule has 1 atom stereocenters. The Labute approximate surface area is 294 Å². The fraction of sp³-hybridized carbons (Fsp3) is 0.257. The highest BCUT2D eigenvalue weighted by Gasteiger charge is 2.34. The number of carbonyl (C=O) groups excluding carboxylic acids is 2. The van der Waals surface area contributed by atoms with Crippen molar-refractivity contribution in [1.29, 1.82) is 0 Å². The van der Waals surface area contributed by atoms with E-state index >= 15 is 0 Å². The number of carbonyl (C=O) groups is 2. The van der Waals surface area contributed by atoms with Crippen LogP contribution in [0.1, 0.15) is 43.5 Å². The van der Waals surface area contributed by atoms with Crippen LogP contribution in [0.15, 0.2) is 75.7 Å². The van der Waals surface area contributed by atoms with Crippen molar-refractivity contribution in [3.63, 3.8) is 0 Å². The minimum Gasteiger partial charge on any atom is -0.504 e. The number of aromatic hydroxyl groups is 1. The molecule has 1 aliphatic heterocycles. The molecule has 0 radical (unpaired) electrons. The van der Waals surface area contributed by atoms with Crippen molar-refractivity contribution in [3.05, 3.63) is 106 Å². The molecule has 0 fully saturated rings. The van der Waals surface area contributed by atoms with Crippen molar-refractivity contribution in [1.82, 2.24) is 4.57 Å². The monoisotopic (exact) mass is 783 g/mol. The summed E-state index contributed by atoms with van der Waals surface area (Å²) in [5.41, 5.74) is 3.21. The number of phenols is 1. The van der Waals surface area contributed by atoms with Crippen LogP contribution in [0.3, 0.4) is 0 Å². The number of nitrogens with one attached hydrogen (secondary N) is 1. The third-order valence-electron chi connectivity index (χ3n) is 7.35. The van der Waals surface area contributed by atoms with Crippen molar-refractivity contribution >= 4 is 57.6 Å². The molecular weight excluding hydrogens is 749 g/mol. The van der Waals surface area contributed by atoms with E-state index in [1.54, 1.807) is 38.1 Å². The van der Waals surface area contributed by atoms with E-state index < -0.39 is 12.0 Å². The molecule has 1 aliphatic rings. The normalized spacial score (nSPS) is 14.2. The molecule has 1 aromatic heterocycles. The first-order valence-electron chi connectivity index (χ1n) is 15.1. The number of nitrogens with zero attached hydrogens (tertiary/aromatic N) is 2. The molecule has 0 saturated carbocycles. The van der Waals surface area contributed by atoms with E-state index in [-0.39, 0.29) is 41.8 Å². The number of aromatic nitrogens is 1. The lowest BCUT2D eigenvalue weighted by Crippen LogP contribution is -2.39. The first kappa shape index (κ1) is 34.7. The summed E-state index contributed by atoms with van der Waals surface area (Å²) in [4.78, 5) is 44.9. The molecule has 0 unspecified atom stereocenters. The average Bonchev–Trinajstić information content (AvgIpc) is 3.35. The number of allylic oxidation sites excluding steroid dienone is 1. The molecule has 0 aliphatic carbocycles. The van der Waals surface area contributed by atoms with Gasteiger partial charge < -0.3 is 29.4 Å². The van der Waals surface area contributed by atoms with Gasteiger partial charge in [0.15, 0.2) is 34.4 Å². The number of benzene rings is 3. The lowest BCUT2D eigenvalue weighted by Gasteiger charge is -2.25. The van der Waals surface area contributed by atoms with Crippen molar-refractivity contribution < 1.29 is 33.6 Å². The Balaban J connectivity index is 1.52. The van der Waals surface area contributed by atoms with E-state index in [9.17, 15) is 19.5 Å². The van der Waals surface area contributed by atoms with Crippen LogP contribution in [0.2, 0.25) is 0 Å². The highest BCUT2D eigenvalue weighted by Crippen LogP contribution is 2.36. The molecule has 250 valence electrons. The van der Waals surface area contributed by atoms with Gasteiger partial charge in [0, 0.05) is 5.69 Å². The van der Waals surface area contributed by atoms with E-state index in [4.69, 9.17) is 18.9 Å². The Morgan fingerprint density at radius 3 is 2.48 bits per heavy atom. The number of hydrogen-bond acceptors (Lipinski definition) is 10. The van der Waals surface area contributed by atoms with Crippen LogP contribution in [-0.2, 0) is 14.3 Å². The van der Waals surface area contributed by atoms with Crippen LogP contribution < -0.4 is 34.4 Å². The molecule has 1 amide bonds. The SMILES string of the molecule is CCOC(=O)C1=C(C)N=c2s/c(=C/c3cc(I)c(OCC(=O)Nc4ccc(C)cc4)c(OCC)c3)c(=O)n2[C@H]1c1ccc(O)c(OC)c1. The third-order valence-corrected chi connectivity index (χ3v) is 9.13. The van der Waals surface area contributed by atoms with Crippen molar-refractivity contribution in [3.8, 4) is 23.0 Å². The molecule has 0 spiro atoms.